The topological polar surface area (TPSA) is 55.4 Å². The molecule has 4 fully saturated rings. The molecule has 4 aliphatic rings. The van der Waals surface area contributed by atoms with Gasteiger partial charge in [0.2, 0.25) is 0 Å². The molecule has 0 bridgehead atoms. The second kappa shape index (κ2) is 23.1. The Kier molecular flexibility index (Phi) is 15.7. The molecule has 0 unspecified atom stereocenters. The van der Waals surface area contributed by atoms with Crippen molar-refractivity contribution >= 4 is 0 Å². The van der Waals surface area contributed by atoms with E-state index in [1.807, 2.05) is 24.3 Å². The van der Waals surface area contributed by atoms with Gasteiger partial charge in [-0.3, -0.25) is 0 Å². The lowest BCUT2D eigenvalue weighted by molar-refractivity contribution is -0.114. The van der Waals surface area contributed by atoms with Crippen molar-refractivity contribution in [1.29, 1.82) is 0 Å². The average Bonchev–Trinajstić information content (AvgIpc) is 3.53. The van der Waals surface area contributed by atoms with E-state index in [-0.39, 0.29) is 32.5 Å². The summed E-state index contributed by atoms with van der Waals surface area (Å²) in [4.78, 5) is 0. The zero-order valence-electron chi connectivity index (χ0n) is 49.2. The Morgan fingerprint density at radius 1 is 0.280 bits per heavy atom. The van der Waals surface area contributed by atoms with Crippen LogP contribution in [0.1, 0.15) is 123 Å². The zero-order valence-corrected chi connectivity index (χ0v) is 49.2. The second-order valence-corrected chi connectivity index (χ2v) is 25.4. The molecule has 8 aromatic carbocycles. The molecular formula is C76H82O6. The van der Waals surface area contributed by atoms with Crippen LogP contribution in [0, 0.1) is 21.7 Å². The molecule has 0 N–H and O–H groups in total. The Hall–Kier alpha value is -6.80. The van der Waals surface area contributed by atoms with Gasteiger partial charge >= 0.3 is 0 Å². The quantitative estimate of drug-likeness (QED) is 0.0595. The van der Waals surface area contributed by atoms with Crippen LogP contribution in [0.5, 0.6) is 23.0 Å². The van der Waals surface area contributed by atoms with Crippen molar-refractivity contribution in [3.8, 4) is 34.1 Å². The third-order valence-corrected chi connectivity index (χ3v) is 20.1. The maximum atomic E-state index is 6.50. The van der Waals surface area contributed by atoms with Crippen molar-refractivity contribution in [3.05, 3.63) is 250 Å². The summed E-state index contributed by atoms with van der Waals surface area (Å²) in [5, 5.41) is 0. The summed E-state index contributed by atoms with van der Waals surface area (Å²) in [6.45, 7) is 20.7. The number of hydrogen-bond donors (Lipinski definition) is 0. The van der Waals surface area contributed by atoms with Gasteiger partial charge in [-0.1, -0.05) is 173 Å². The van der Waals surface area contributed by atoms with E-state index in [1.165, 1.54) is 55.6 Å². The predicted molar refractivity (Wildman–Crippen MR) is 331 cm³/mol. The fourth-order valence-corrected chi connectivity index (χ4v) is 13.3. The molecule has 0 radical (unpaired) electrons. The summed E-state index contributed by atoms with van der Waals surface area (Å²) >= 11 is 0. The predicted octanol–water partition coefficient (Wildman–Crippen LogP) is 17.5. The van der Waals surface area contributed by atoms with Gasteiger partial charge in [0.25, 0.3) is 0 Å². The summed E-state index contributed by atoms with van der Waals surface area (Å²) < 4.78 is 35.7. The summed E-state index contributed by atoms with van der Waals surface area (Å²) in [7, 11) is 0. The second-order valence-electron chi connectivity index (χ2n) is 25.4. The number of hydrogen-bond acceptors (Lipinski definition) is 6. The van der Waals surface area contributed by atoms with E-state index < -0.39 is 0 Å². The molecule has 6 nitrogen and oxygen atoms in total. The van der Waals surface area contributed by atoms with E-state index in [0.717, 1.165) is 138 Å². The minimum absolute atomic E-state index is 0.263. The highest BCUT2D eigenvalue weighted by Gasteiger charge is 2.41. The zero-order chi connectivity index (χ0) is 56.4. The molecule has 0 atom stereocenters. The van der Waals surface area contributed by atoms with E-state index in [9.17, 15) is 0 Å². The third kappa shape index (κ3) is 11.1. The molecule has 4 aliphatic heterocycles. The molecule has 422 valence electrons. The van der Waals surface area contributed by atoms with Gasteiger partial charge in [0.15, 0.2) is 0 Å². The molecule has 0 aromatic heterocycles. The molecular weight excluding hydrogens is 1010 g/mol. The van der Waals surface area contributed by atoms with Gasteiger partial charge in [-0.2, -0.15) is 0 Å². The van der Waals surface area contributed by atoms with Crippen molar-refractivity contribution in [2.75, 3.05) is 52.9 Å². The Balaban J connectivity index is 0.718. The SMILES string of the molecule is CCC1(Cc2ccc(C(C)(c3ccc(CC4(CC)COC4)cc3)c3ccc(Oc4ccc(-c5ccc(Oc6ccc(C(C)(c7ccc(CC8(CC)COC8)cc7)c7ccc(CC8(CC)COC8)cc7)cc6)cc5)cc4)cc3)cc2)COC1. The fraction of sp³-hybridized carbons (Fsp3) is 0.368. The van der Waals surface area contributed by atoms with Crippen molar-refractivity contribution < 1.29 is 28.4 Å². The smallest absolute Gasteiger partial charge is 0.127 e. The van der Waals surface area contributed by atoms with Crippen molar-refractivity contribution in [2.24, 2.45) is 21.7 Å². The van der Waals surface area contributed by atoms with E-state index in [1.54, 1.807) is 0 Å². The Labute approximate surface area is 488 Å². The normalized spacial score (nSPS) is 17.6. The van der Waals surface area contributed by atoms with Crippen molar-refractivity contribution in [3.63, 3.8) is 0 Å². The minimum atomic E-state index is -0.385. The van der Waals surface area contributed by atoms with Crippen LogP contribution in [0.15, 0.2) is 194 Å². The Morgan fingerprint density at radius 3 is 0.634 bits per heavy atom. The molecule has 0 saturated carbocycles. The lowest BCUT2D eigenvalue weighted by atomic mass is 9.70. The van der Waals surface area contributed by atoms with Crippen LogP contribution in [0.25, 0.3) is 11.1 Å². The first-order valence-corrected chi connectivity index (χ1v) is 30.3. The van der Waals surface area contributed by atoms with Crippen molar-refractivity contribution in [1.82, 2.24) is 0 Å². The molecule has 8 aromatic rings. The highest BCUT2D eigenvalue weighted by molar-refractivity contribution is 5.65. The molecule has 0 spiro atoms. The molecule has 0 amide bonds. The van der Waals surface area contributed by atoms with Crippen LogP contribution < -0.4 is 9.47 Å². The summed E-state index contributed by atoms with van der Waals surface area (Å²) in [6.07, 6.45) is 8.71. The van der Waals surface area contributed by atoms with Crippen LogP contribution in [-0.2, 0) is 55.5 Å². The molecule has 82 heavy (non-hydrogen) atoms. The first kappa shape index (κ1) is 55.7. The molecule has 6 heteroatoms. The number of benzene rings is 8. The van der Waals surface area contributed by atoms with Gasteiger partial charge in [0.1, 0.15) is 23.0 Å². The monoisotopic (exact) mass is 1090 g/mol. The Morgan fingerprint density at radius 2 is 0.463 bits per heavy atom. The number of rotatable bonds is 23. The first-order chi connectivity index (χ1) is 39.9. The van der Waals surface area contributed by atoms with Gasteiger partial charge in [-0.25, -0.2) is 0 Å². The average molecular weight is 1090 g/mol. The van der Waals surface area contributed by atoms with Crippen LogP contribution in [0.4, 0.5) is 0 Å². The molecule has 0 aliphatic carbocycles. The van der Waals surface area contributed by atoms with E-state index in [4.69, 9.17) is 28.4 Å². The molecule has 4 heterocycles. The first-order valence-electron chi connectivity index (χ1n) is 30.3. The highest BCUT2D eigenvalue weighted by Crippen LogP contribution is 2.45. The summed E-state index contributed by atoms with van der Waals surface area (Å²) in [5.74, 6) is 3.17. The lowest BCUT2D eigenvalue weighted by Gasteiger charge is -2.41. The van der Waals surface area contributed by atoms with Gasteiger partial charge in [0.05, 0.1) is 52.9 Å². The van der Waals surface area contributed by atoms with Crippen LogP contribution in [0.2, 0.25) is 0 Å². The maximum Gasteiger partial charge on any atom is 0.127 e. The van der Waals surface area contributed by atoms with Crippen LogP contribution >= 0.6 is 0 Å². The van der Waals surface area contributed by atoms with E-state index in [0.29, 0.717) is 0 Å². The van der Waals surface area contributed by atoms with Gasteiger partial charge in [0, 0.05) is 32.5 Å². The third-order valence-electron chi connectivity index (χ3n) is 20.1. The summed E-state index contributed by atoms with van der Waals surface area (Å²) in [5.41, 5.74) is 15.5. The number of ether oxygens (including phenoxy) is 6. The summed E-state index contributed by atoms with van der Waals surface area (Å²) in [6, 6.07) is 71.5. The Bertz CT molecular complexity index is 2990. The van der Waals surface area contributed by atoms with Crippen LogP contribution in [-0.4, -0.2) is 52.9 Å². The van der Waals surface area contributed by atoms with Gasteiger partial charge < -0.3 is 28.4 Å². The fourth-order valence-electron chi connectivity index (χ4n) is 13.3. The highest BCUT2D eigenvalue weighted by atomic mass is 16.5. The lowest BCUT2D eigenvalue weighted by Crippen LogP contribution is -2.43. The van der Waals surface area contributed by atoms with E-state index >= 15 is 0 Å². The van der Waals surface area contributed by atoms with Crippen LogP contribution in [0.3, 0.4) is 0 Å². The largest absolute Gasteiger partial charge is 0.457 e. The standard InChI is InChI=1S/C76H82O6/c1-7-73(47-77-48-73)43-55-11-23-61(24-12-55)71(5,62-25-13-56(14-26-62)44-74(8-2)49-78-50-74)65-31-39-69(40-32-65)81-67-35-19-59(20-36-67)60-21-37-68(38-22-60)82-70-41-33-66(34-42-70)72(6,63-27-15-57(16-28-63)45-75(9-3)51-79-52-75)64-29-17-58(18-30-64)46-76(10-4)53-80-54-76/h11-42H,7-10,43-54H2,1-6H3. The van der Waals surface area contributed by atoms with Gasteiger partial charge in [-0.15, -0.1) is 0 Å². The molecule has 12 rings (SSSR count). The molecule has 4 saturated heterocycles. The van der Waals surface area contributed by atoms with Gasteiger partial charge in [-0.05, 0) is 181 Å². The van der Waals surface area contributed by atoms with Crippen molar-refractivity contribution in [2.45, 2.75) is 104 Å². The maximum absolute atomic E-state index is 6.50. The van der Waals surface area contributed by atoms with E-state index in [2.05, 4.69) is 211 Å². The minimum Gasteiger partial charge on any atom is -0.457 e.